The Morgan fingerprint density at radius 3 is 1.41 bits per heavy atom. The van der Waals surface area contributed by atoms with Crippen LogP contribution in [-0.2, 0) is 5.41 Å². The Labute approximate surface area is 563 Å². The van der Waals surface area contributed by atoms with E-state index in [0.717, 1.165) is 107 Å². The molecule has 7 nitrogen and oxygen atoms in total. The van der Waals surface area contributed by atoms with Crippen LogP contribution < -0.4 is 26.2 Å². The molecule has 0 fully saturated rings. The SMILES string of the molecule is CC1(C)c2ccccc2-c2cc3c4ccccc4n(-c4ccc(-c5cc(-c6ccccc6)nc(-c6ccccc6)n5)cc4-c4cc(-c5ccccc5)nc(-c5cccc(-c6cc7c8c(c6)N(c6ccccc6)c6ccccc6B8c6ccccc6N7c6ccccc6)c5)n4)c3cc21. The molecule has 0 saturated heterocycles. The van der Waals surface area contributed by atoms with Crippen LogP contribution in [0.4, 0.5) is 34.1 Å². The van der Waals surface area contributed by atoms with E-state index < -0.39 is 0 Å². The van der Waals surface area contributed by atoms with Crippen molar-refractivity contribution in [2.45, 2.75) is 19.3 Å². The highest BCUT2D eigenvalue weighted by molar-refractivity contribution is 7.00. The monoisotopic (exact) mass is 1240 g/mol. The molecule has 2 aliphatic heterocycles. The van der Waals surface area contributed by atoms with E-state index in [4.69, 9.17) is 19.9 Å². The van der Waals surface area contributed by atoms with Gasteiger partial charge in [-0.3, -0.25) is 0 Å². The third-order valence-electron chi connectivity index (χ3n) is 20.2. The third kappa shape index (κ3) is 9.12. The molecule has 1 aliphatic carbocycles. The molecule has 5 heterocycles. The molecule has 19 rings (SSSR count). The summed E-state index contributed by atoms with van der Waals surface area (Å²) in [6.07, 6.45) is 0. The highest BCUT2D eigenvalue weighted by Crippen LogP contribution is 2.52. The van der Waals surface area contributed by atoms with E-state index in [1.165, 1.54) is 60.8 Å². The summed E-state index contributed by atoms with van der Waals surface area (Å²) in [5.74, 6) is 1.25. The van der Waals surface area contributed by atoms with Crippen LogP contribution in [0.2, 0.25) is 0 Å². The van der Waals surface area contributed by atoms with Gasteiger partial charge in [0, 0.05) is 83.7 Å². The number of fused-ring (bicyclic) bond motifs is 10. The van der Waals surface area contributed by atoms with Crippen LogP contribution in [0.5, 0.6) is 0 Å². The molecule has 8 heteroatoms. The summed E-state index contributed by atoms with van der Waals surface area (Å²) in [5, 5.41) is 2.37. The molecule has 97 heavy (non-hydrogen) atoms. The normalized spacial score (nSPS) is 13.1. The maximum Gasteiger partial charge on any atom is 0.252 e. The maximum atomic E-state index is 5.84. The van der Waals surface area contributed by atoms with Gasteiger partial charge in [0.25, 0.3) is 6.71 Å². The smallest absolute Gasteiger partial charge is 0.252 e. The molecule has 0 spiro atoms. The Morgan fingerprint density at radius 1 is 0.278 bits per heavy atom. The van der Waals surface area contributed by atoms with E-state index >= 15 is 0 Å². The van der Waals surface area contributed by atoms with Crippen molar-refractivity contribution in [1.29, 1.82) is 0 Å². The fraction of sp³-hybridized carbons (Fsp3) is 0.0337. The van der Waals surface area contributed by atoms with E-state index in [-0.39, 0.29) is 12.1 Å². The van der Waals surface area contributed by atoms with Crippen LogP contribution in [0.1, 0.15) is 25.0 Å². The van der Waals surface area contributed by atoms with Gasteiger partial charge in [0.15, 0.2) is 11.6 Å². The molecular weight excluding hydrogens is 1180 g/mol. The number of hydrogen-bond donors (Lipinski definition) is 0. The van der Waals surface area contributed by atoms with Gasteiger partial charge in [-0.15, -0.1) is 0 Å². The molecule has 3 aromatic heterocycles. The van der Waals surface area contributed by atoms with Gasteiger partial charge >= 0.3 is 0 Å². The van der Waals surface area contributed by atoms with Crippen LogP contribution in [0.25, 0.3) is 118 Å². The molecule has 0 N–H and O–H groups in total. The van der Waals surface area contributed by atoms with Crippen LogP contribution in [0.3, 0.4) is 0 Å². The summed E-state index contributed by atoms with van der Waals surface area (Å²) < 4.78 is 2.47. The van der Waals surface area contributed by atoms with Gasteiger partial charge in [-0.1, -0.05) is 244 Å². The van der Waals surface area contributed by atoms with Crippen molar-refractivity contribution in [2.75, 3.05) is 9.80 Å². The number of para-hydroxylation sites is 5. The fourth-order valence-electron chi connectivity index (χ4n) is 15.7. The Bertz CT molecular complexity index is 5640. The molecule has 0 bridgehead atoms. The molecule has 454 valence electrons. The first-order chi connectivity index (χ1) is 47.9. The van der Waals surface area contributed by atoms with Crippen molar-refractivity contribution < 1.29 is 0 Å². The summed E-state index contributed by atoms with van der Waals surface area (Å²) in [6.45, 7) is 4.72. The first kappa shape index (κ1) is 56.1. The van der Waals surface area contributed by atoms with Gasteiger partial charge in [-0.05, 0) is 147 Å². The lowest BCUT2D eigenvalue weighted by molar-refractivity contribution is 0.661. The Hall–Kier alpha value is -12.5. The minimum atomic E-state index is -0.229. The number of aromatic nitrogens is 5. The van der Waals surface area contributed by atoms with Crippen molar-refractivity contribution in [2.24, 2.45) is 0 Å². The highest BCUT2D eigenvalue weighted by Gasteiger charge is 2.44. The van der Waals surface area contributed by atoms with Gasteiger partial charge in [-0.25, -0.2) is 19.9 Å². The zero-order valence-corrected chi connectivity index (χ0v) is 53.4. The molecule has 13 aromatic carbocycles. The molecule has 0 amide bonds. The van der Waals surface area contributed by atoms with Crippen LogP contribution in [-0.4, -0.2) is 31.2 Å². The van der Waals surface area contributed by atoms with Crippen LogP contribution in [0.15, 0.2) is 328 Å². The van der Waals surface area contributed by atoms with Crippen LogP contribution >= 0.6 is 0 Å². The summed E-state index contributed by atoms with van der Waals surface area (Å²) in [6, 6.07) is 118. The molecule has 16 aromatic rings. The summed E-state index contributed by atoms with van der Waals surface area (Å²) in [4.78, 5) is 27.0. The quantitative estimate of drug-likeness (QED) is 0.127. The topological polar surface area (TPSA) is 63.0 Å². The lowest BCUT2D eigenvalue weighted by Crippen LogP contribution is -2.61. The van der Waals surface area contributed by atoms with Crippen LogP contribution in [0, 0.1) is 0 Å². The molecule has 3 aliphatic rings. The van der Waals surface area contributed by atoms with Gasteiger partial charge in [0.1, 0.15) is 0 Å². The number of nitrogens with zero attached hydrogens (tertiary/aromatic N) is 7. The van der Waals surface area contributed by atoms with E-state index in [9.17, 15) is 0 Å². The first-order valence-corrected chi connectivity index (χ1v) is 33.3. The Balaban J connectivity index is 0.847. The van der Waals surface area contributed by atoms with Gasteiger partial charge < -0.3 is 14.4 Å². The van der Waals surface area contributed by atoms with E-state index in [2.05, 4.69) is 332 Å². The maximum absolute atomic E-state index is 5.84. The van der Waals surface area contributed by atoms with Crippen molar-refractivity contribution >= 4 is 79.0 Å². The van der Waals surface area contributed by atoms with Crippen molar-refractivity contribution in [3.8, 4) is 95.7 Å². The number of benzene rings is 13. The predicted molar refractivity (Wildman–Crippen MR) is 402 cm³/mol. The van der Waals surface area contributed by atoms with E-state index in [1.54, 1.807) is 0 Å². The van der Waals surface area contributed by atoms with Gasteiger partial charge in [-0.2, -0.15) is 0 Å². The highest BCUT2D eigenvalue weighted by atomic mass is 15.2. The second-order valence-electron chi connectivity index (χ2n) is 26.1. The van der Waals surface area contributed by atoms with Gasteiger partial charge in [0.05, 0.1) is 39.5 Å². The molecular formula is C89H60BN7. The molecule has 0 atom stereocenters. The summed E-state index contributed by atoms with van der Waals surface area (Å²) in [7, 11) is 0. The zero-order valence-electron chi connectivity index (χ0n) is 53.4. The Kier molecular flexibility index (Phi) is 12.9. The molecule has 0 unspecified atom stereocenters. The lowest BCUT2D eigenvalue weighted by Gasteiger charge is -2.44. The van der Waals surface area contributed by atoms with Crippen molar-refractivity contribution in [3.63, 3.8) is 0 Å². The Morgan fingerprint density at radius 2 is 0.773 bits per heavy atom. The minimum absolute atomic E-state index is 0.00730. The molecule has 0 saturated carbocycles. The first-order valence-electron chi connectivity index (χ1n) is 33.3. The standard InChI is InChI=1S/C89H60BN7/c1-89(2)71-41-20-18-39-66(71)68-53-69-67-40-19-23-44-79(67)97(83(69)54-72(68)89)80-48-47-61(77-55-75(57-27-8-3-9-28-57)91-87(93-77)59-31-12-5-13-32-59)50-70(80)78-56-76(58-29-10-4-11-30-58)92-88(94-78)62-34-26-33-60(49-62)63-51-84-86-85(52-63)96(65-37-16-7-17-38-65)82-46-25-22-43-74(82)90(86)73-42-21-24-45-81(73)95(84)64-35-14-6-15-36-64/h3-56H,1-2H3. The second kappa shape index (κ2) is 22.3. The largest absolute Gasteiger partial charge is 0.311 e. The van der Waals surface area contributed by atoms with Crippen molar-refractivity contribution in [3.05, 3.63) is 339 Å². The average Bonchev–Trinajstić information content (AvgIpc) is 1.42. The number of hydrogen-bond acceptors (Lipinski definition) is 6. The van der Waals surface area contributed by atoms with Crippen molar-refractivity contribution in [1.82, 2.24) is 24.5 Å². The average molecular weight is 1240 g/mol. The third-order valence-corrected chi connectivity index (χ3v) is 20.2. The fourth-order valence-corrected chi connectivity index (χ4v) is 15.7. The molecule has 0 radical (unpaired) electrons. The van der Waals surface area contributed by atoms with Gasteiger partial charge in [0.2, 0.25) is 0 Å². The number of rotatable bonds is 10. The van der Waals surface area contributed by atoms with E-state index in [1.807, 2.05) is 24.3 Å². The summed E-state index contributed by atoms with van der Waals surface area (Å²) in [5.41, 5.74) is 29.8. The second-order valence-corrected chi connectivity index (χ2v) is 26.1. The zero-order chi connectivity index (χ0) is 64.3. The summed E-state index contributed by atoms with van der Waals surface area (Å²) >= 11 is 0. The number of anilines is 6. The van der Waals surface area contributed by atoms with E-state index in [0.29, 0.717) is 11.6 Å². The minimum Gasteiger partial charge on any atom is -0.311 e. The predicted octanol–water partition coefficient (Wildman–Crippen LogP) is 20.4. The lowest BCUT2D eigenvalue weighted by atomic mass is 9.33.